The van der Waals surface area contributed by atoms with Gasteiger partial charge in [-0.25, -0.2) is 0 Å². The SMILES string of the molecule is CCC(Cl)C(C)c1ccc2ccccc2c1. The van der Waals surface area contributed by atoms with Crippen molar-refractivity contribution >= 4 is 22.4 Å². The van der Waals surface area contributed by atoms with Crippen LogP contribution < -0.4 is 0 Å². The number of hydrogen-bond donors (Lipinski definition) is 0. The van der Waals surface area contributed by atoms with E-state index in [9.17, 15) is 0 Å². The Bertz CT molecular complexity index is 476. The Morgan fingerprint density at radius 2 is 1.75 bits per heavy atom. The lowest BCUT2D eigenvalue weighted by Gasteiger charge is -2.17. The normalized spacial score (nSPS) is 14.9. The summed E-state index contributed by atoms with van der Waals surface area (Å²) in [6, 6.07) is 15.1. The van der Waals surface area contributed by atoms with Crippen LogP contribution in [0.3, 0.4) is 0 Å². The molecule has 0 aliphatic carbocycles. The van der Waals surface area contributed by atoms with E-state index in [-0.39, 0.29) is 5.38 Å². The van der Waals surface area contributed by atoms with E-state index in [0.29, 0.717) is 5.92 Å². The van der Waals surface area contributed by atoms with Gasteiger partial charge in [0.25, 0.3) is 0 Å². The van der Waals surface area contributed by atoms with Gasteiger partial charge in [0.1, 0.15) is 0 Å². The molecular formula is C15H17Cl. The molecule has 0 heterocycles. The van der Waals surface area contributed by atoms with Gasteiger partial charge in [-0.15, -0.1) is 11.6 Å². The fourth-order valence-corrected chi connectivity index (χ4v) is 2.20. The summed E-state index contributed by atoms with van der Waals surface area (Å²) in [6.45, 7) is 4.33. The lowest BCUT2D eigenvalue weighted by Crippen LogP contribution is -2.07. The van der Waals surface area contributed by atoms with E-state index in [0.717, 1.165) is 6.42 Å². The van der Waals surface area contributed by atoms with E-state index < -0.39 is 0 Å². The minimum atomic E-state index is 0.223. The quantitative estimate of drug-likeness (QED) is 0.656. The molecule has 2 aromatic rings. The minimum absolute atomic E-state index is 0.223. The Morgan fingerprint density at radius 1 is 1.06 bits per heavy atom. The number of fused-ring (bicyclic) bond motifs is 1. The van der Waals surface area contributed by atoms with Crippen molar-refractivity contribution in [3.05, 3.63) is 48.0 Å². The zero-order valence-electron chi connectivity index (χ0n) is 9.78. The monoisotopic (exact) mass is 232 g/mol. The largest absolute Gasteiger partial charge is 0.122 e. The van der Waals surface area contributed by atoms with Gasteiger partial charge in [0, 0.05) is 5.38 Å². The van der Waals surface area contributed by atoms with Crippen LogP contribution in [0.25, 0.3) is 10.8 Å². The summed E-state index contributed by atoms with van der Waals surface area (Å²) in [6.07, 6.45) is 1.01. The first-order chi connectivity index (χ1) is 7.72. The zero-order valence-corrected chi connectivity index (χ0v) is 10.5. The topological polar surface area (TPSA) is 0 Å². The number of halogens is 1. The summed E-state index contributed by atoms with van der Waals surface area (Å²) in [7, 11) is 0. The van der Waals surface area contributed by atoms with Crippen molar-refractivity contribution < 1.29 is 0 Å². The van der Waals surface area contributed by atoms with Gasteiger partial charge in [-0.05, 0) is 28.7 Å². The van der Waals surface area contributed by atoms with Crippen LogP contribution in [0.15, 0.2) is 42.5 Å². The molecule has 2 unspecified atom stereocenters. The number of benzene rings is 2. The average molecular weight is 233 g/mol. The van der Waals surface area contributed by atoms with Gasteiger partial charge in [-0.3, -0.25) is 0 Å². The highest BCUT2D eigenvalue weighted by molar-refractivity contribution is 6.21. The Balaban J connectivity index is 2.39. The lowest BCUT2D eigenvalue weighted by molar-refractivity contribution is 0.675. The molecule has 0 saturated heterocycles. The van der Waals surface area contributed by atoms with Crippen LogP contribution in [0.5, 0.6) is 0 Å². The molecule has 0 fully saturated rings. The van der Waals surface area contributed by atoms with Gasteiger partial charge in [-0.2, -0.15) is 0 Å². The molecule has 0 radical (unpaired) electrons. The van der Waals surface area contributed by atoms with E-state index >= 15 is 0 Å². The van der Waals surface area contributed by atoms with Gasteiger partial charge in [0.2, 0.25) is 0 Å². The Labute approximate surface area is 102 Å². The third-order valence-electron chi connectivity index (χ3n) is 3.23. The molecule has 0 aliphatic heterocycles. The standard InChI is InChI=1S/C15H17Cl/c1-3-15(16)11(2)13-9-8-12-6-4-5-7-14(12)10-13/h4-11,15H,3H2,1-2H3. The molecule has 0 bridgehead atoms. The third-order valence-corrected chi connectivity index (χ3v) is 3.92. The average Bonchev–Trinajstić information content (AvgIpc) is 2.36. The van der Waals surface area contributed by atoms with Crippen molar-refractivity contribution in [1.82, 2.24) is 0 Å². The Hall–Kier alpha value is -1.01. The minimum Gasteiger partial charge on any atom is -0.122 e. The molecule has 0 N–H and O–H groups in total. The van der Waals surface area contributed by atoms with E-state index in [4.69, 9.17) is 11.6 Å². The Kier molecular flexibility index (Phi) is 3.50. The van der Waals surface area contributed by atoms with Crippen LogP contribution in [0, 0.1) is 0 Å². The van der Waals surface area contributed by atoms with Crippen molar-refractivity contribution in [1.29, 1.82) is 0 Å². The van der Waals surface area contributed by atoms with Crippen molar-refractivity contribution in [3.8, 4) is 0 Å². The summed E-state index contributed by atoms with van der Waals surface area (Å²) in [5, 5.41) is 2.81. The molecule has 16 heavy (non-hydrogen) atoms. The highest BCUT2D eigenvalue weighted by atomic mass is 35.5. The highest BCUT2D eigenvalue weighted by Crippen LogP contribution is 2.27. The summed E-state index contributed by atoms with van der Waals surface area (Å²) < 4.78 is 0. The first-order valence-corrected chi connectivity index (χ1v) is 6.28. The van der Waals surface area contributed by atoms with Crippen molar-refractivity contribution in [2.45, 2.75) is 31.6 Å². The fourth-order valence-electron chi connectivity index (χ4n) is 2.05. The van der Waals surface area contributed by atoms with Crippen molar-refractivity contribution in [3.63, 3.8) is 0 Å². The molecule has 2 atom stereocenters. The molecule has 2 rings (SSSR count). The van der Waals surface area contributed by atoms with Crippen LogP contribution >= 0.6 is 11.6 Å². The zero-order chi connectivity index (χ0) is 11.5. The van der Waals surface area contributed by atoms with Gasteiger partial charge < -0.3 is 0 Å². The fraction of sp³-hybridized carbons (Fsp3) is 0.333. The molecule has 84 valence electrons. The lowest BCUT2D eigenvalue weighted by atomic mass is 9.94. The first-order valence-electron chi connectivity index (χ1n) is 5.85. The first kappa shape index (κ1) is 11.5. The maximum atomic E-state index is 6.30. The van der Waals surface area contributed by atoms with Gasteiger partial charge in [-0.1, -0.05) is 56.3 Å². The van der Waals surface area contributed by atoms with E-state index in [2.05, 4.69) is 56.3 Å². The van der Waals surface area contributed by atoms with E-state index in [1.54, 1.807) is 0 Å². The molecule has 0 nitrogen and oxygen atoms in total. The number of alkyl halides is 1. The second kappa shape index (κ2) is 4.88. The van der Waals surface area contributed by atoms with Crippen molar-refractivity contribution in [2.75, 3.05) is 0 Å². The van der Waals surface area contributed by atoms with Gasteiger partial charge >= 0.3 is 0 Å². The summed E-state index contributed by atoms with van der Waals surface area (Å²) >= 11 is 6.30. The maximum Gasteiger partial charge on any atom is 0.0399 e. The smallest absolute Gasteiger partial charge is 0.0399 e. The predicted molar refractivity (Wildman–Crippen MR) is 72.3 cm³/mol. The maximum absolute atomic E-state index is 6.30. The second-order valence-corrected chi connectivity index (χ2v) is 4.88. The third kappa shape index (κ3) is 2.22. The van der Waals surface area contributed by atoms with Crippen molar-refractivity contribution in [2.24, 2.45) is 0 Å². The van der Waals surface area contributed by atoms with Crippen LogP contribution in [0.4, 0.5) is 0 Å². The molecule has 2 aromatic carbocycles. The molecule has 0 aromatic heterocycles. The van der Waals surface area contributed by atoms with Crippen LogP contribution in [-0.2, 0) is 0 Å². The van der Waals surface area contributed by atoms with Crippen LogP contribution in [0.2, 0.25) is 0 Å². The summed E-state index contributed by atoms with van der Waals surface area (Å²) in [5.41, 5.74) is 1.33. The Morgan fingerprint density at radius 3 is 2.44 bits per heavy atom. The molecular weight excluding hydrogens is 216 g/mol. The molecule has 1 heteroatoms. The molecule has 0 saturated carbocycles. The second-order valence-electron chi connectivity index (χ2n) is 4.32. The number of hydrogen-bond acceptors (Lipinski definition) is 0. The predicted octanol–water partition coefficient (Wildman–Crippen LogP) is 4.96. The van der Waals surface area contributed by atoms with Crippen LogP contribution in [0.1, 0.15) is 31.7 Å². The van der Waals surface area contributed by atoms with Gasteiger partial charge in [0.15, 0.2) is 0 Å². The summed E-state index contributed by atoms with van der Waals surface area (Å²) in [4.78, 5) is 0. The van der Waals surface area contributed by atoms with E-state index in [1.807, 2.05) is 0 Å². The number of rotatable bonds is 3. The molecule has 0 amide bonds. The van der Waals surface area contributed by atoms with Crippen LogP contribution in [-0.4, -0.2) is 5.38 Å². The molecule has 0 aliphatic rings. The highest BCUT2D eigenvalue weighted by Gasteiger charge is 2.14. The summed E-state index contributed by atoms with van der Waals surface area (Å²) in [5.74, 6) is 0.413. The van der Waals surface area contributed by atoms with E-state index in [1.165, 1.54) is 16.3 Å². The molecule has 0 spiro atoms. The van der Waals surface area contributed by atoms with Gasteiger partial charge in [0.05, 0.1) is 0 Å².